The van der Waals surface area contributed by atoms with Crippen LogP contribution in [0.5, 0.6) is 0 Å². The third kappa shape index (κ3) is 3.66. The lowest BCUT2D eigenvalue weighted by Gasteiger charge is -2.09. The van der Waals surface area contributed by atoms with Gasteiger partial charge < -0.3 is 10.1 Å². The van der Waals surface area contributed by atoms with E-state index in [-0.39, 0.29) is 5.91 Å². The number of carbonyl (C=O) groups is 1. The molecule has 1 aromatic heterocycles. The summed E-state index contributed by atoms with van der Waals surface area (Å²) in [5.74, 6) is -0.0229. The molecule has 1 amide bonds. The van der Waals surface area contributed by atoms with Gasteiger partial charge in [-0.1, -0.05) is 24.3 Å². The van der Waals surface area contributed by atoms with Gasteiger partial charge in [0.2, 0.25) is 0 Å². The molecule has 1 heterocycles. The average molecular weight is 275 g/mol. The minimum absolute atomic E-state index is 0.0229. The summed E-state index contributed by atoms with van der Waals surface area (Å²) in [7, 11) is 1.67. The van der Waals surface area contributed by atoms with Crippen molar-refractivity contribution in [2.24, 2.45) is 0 Å². The van der Waals surface area contributed by atoms with E-state index in [1.165, 1.54) is 11.3 Å². The minimum Gasteiger partial charge on any atom is -0.380 e. The van der Waals surface area contributed by atoms with Crippen LogP contribution in [0.2, 0.25) is 0 Å². The Hall–Kier alpha value is -1.65. The van der Waals surface area contributed by atoms with E-state index in [9.17, 15) is 4.79 Å². The van der Waals surface area contributed by atoms with Crippen molar-refractivity contribution >= 4 is 17.2 Å². The van der Waals surface area contributed by atoms with E-state index < -0.39 is 0 Å². The lowest BCUT2D eigenvalue weighted by molar-refractivity contribution is 0.0954. The molecule has 1 aromatic carbocycles. The molecule has 2 aromatic rings. The molecule has 1 N–H and O–H groups in total. The van der Waals surface area contributed by atoms with Crippen molar-refractivity contribution in [1.82, 2.24) is 5.32 Å². The summed E-state index contributed by atoms with van der Waals surface area (Å²) in [6.45, 7) is 3.08. The normalized spacial score (nSPS) is 10.4. The fraction of sp³-hybridized carbons (Fsp3) is 0.267. The monoisotopic (exact) mass is 275 g/mol. The molecule has 2 rings (SSSR count). The molecule has 100 valence electrons. The first-order valence-electron chi connectivity index (χ1n) is 6.11. The van der Waals surface area contributed by atoms with Crippen LogP contribution in [0.1, 0.15) is 25.7 Å². The van der Waals surface area contributed by atoms with Gasteiger partial charge in [-0.2, -0.15) is 0 Å². The third-order valence-corrected chi connectivity index (χ3v) is 3.82. The standard InChI is InChI=1S/C15H17NO2S/c1-11-7-8-14(19-11)15(17)16-9-12-5-3-4-6-13(12)10-18-2/h3-8H,9-10H2,1-2H3,(H,16,17). The molecule has 0 fully saturated rings. The number of amides is 1. The summed E-state index contributed by atoms with van der Waals surface area (Å²) in [6.07, 6.45) is 0. The highest BCUT2D eigenvalue weighted by atomic mass is 32.1. The first-order valence-corrected chi connectivity index (χ1v) is 6.92. The topological polar surface area (TPSA) is 38.3 Å². The number of methoxy groups -OCH3 is 1. The van der Waals surface area contributed by atoms with E-state index >= 15 is 0 Å². The number of thiophene rings is 1. The van der Waals surface area contributed by atoms with E-state index in [1.807, 2.05) is 43.3 Å². The lowest BCUT2D eigenvalue weighted by Crippen LogP contribution is -2.22. The summed E-state index contributed by atoms with van der Waals surface area (Å²) in [5, 5.41) is 2.94. The van der Waals surface area contributed by atoms with Gasteiger partial charge in [0.1, 0.15) is 0 Å². The van der Waals surface area contributed by atoms with Crippen molar-refractivity contribution in [1.29, 1.82) is 0 Å². The Morgan fingerprint density at radius 1 is 1.21 bits per heavy atom. The number of hydrogen-bond donors (Lipinski definition) is 1. The van der Waals surface area contributed by atoms with Gasteiger partial charge in [-0.05, 0) is 30.2 Å². The molecular formula is C15H17NO2S. The van der Waals surface area contributed by atoms with Gasteiger partial charge in [0.05, 0.1) is 11.5 Å². The molecule has 0 unspecified atom stereocenters. The zero-order valence-electron chi connectivity index (χ0n) is 11.1. The van der Waals surface area contributed by atoms with Crippen LogP contribution in [0.3, 0.4) is 0 Å². The molecule has 0 atom stereocenters. The Morgan fingerprint density at radius 2 is 1.95 bits per heavy atom. The fourth-order valence-electron chi connectivity index (χ4n) is 1.85. The molecule has 0 spiro atoms. The Labute approximate surface area is 117 Å². The Kier molecular flexibility index (Phi) is 4.71. The summed E-state index contributed by atoms with van der Waals surface area (Å²) in [6, 6.07) is 11.8. The quantitative estimate of drug-likeness (QED) is 0.910. The predicted octanol–water partition coefficient (Wildman–Crippen LogP) is 3.13. The van der Waals surface area contributed by atoms with Crippen LogP contribution in [0.25, 0.3) is 0 Å². The zero-order chi connectivity index (χ0) is 13.7. The maximum absolute atomic E-state index is 12.0. The van der Waals surface area contributed by atoms with Crippen molar-refractivity contribution in [3.05, 3.63) is 57.3 Å². The molecule has 0 bridgehead atoms. The molecule has 0 radical (unpaired) electrons. The maximum atomic E-state index is 12.0. The Balaban J connectivity index is 2.00. The summed E-state index contributed by atoms with van der Waals surface area (Å²) in [5.41, 5.74) is 2.19. The fourth-order valence-corrected chi connectivity index (χ4v) is 2.63. The van der Waals surface area contributed by atoms with Gasteiger partial charge in [-0.15, -0.1) is 11.3 Å². The second-order valence-corrected chi connectivity index (χ2v) is 5.58. The zero-order valence-corrected chi connectivity index (χ0v) is 11.9. The van der Waals surface area contributed by atoms with Crippen LogP contribution in [-0.2, 0) is 17.9 Å². The Morgan fingerprint density at radius 3 is 2.58 bits per heavy atom. The molecular weight excluding hydrogens is 258 g/mol. The summed E-state index contributed by atoms with van der Waals surface area (Å²) < 4.78 is 5.15. The van der Waals surface area contributed by atoms with Crippen molar-refractivity contribution in [3.63, 3.8) is 0 Å². The summed E-state index contributed by atoms with van der Waals surface area (Å²) in [4.78, 5) is 13.9. The highest BCUT2D eigenvalue weighted by Crippen LogP contribution is 2.15. The van der Waals surface area contributed by atoms with Crippen LogP contribution >= 0.6 is 11.3 Å². The third-order valence-electron chi connectivity index (χ3n) is 2.82. The highest BCUT2D eigenvalue weighted by Gasteiger charge is 2.08. The predicted molar refractivity (Wildman–Crippen MR) is 77.4 cm³/mol. The number of hydrogen-bond acceptors (Lipinski definition) is 3. The molecule has 0 aliphatic carbocycles. The molecule has 0 saturated carbocycles. The van der Waals surface area contributed by atoms with Crippen molar-refractivity contribution in [3.8, 4) is 0 Å². The lowest BCUT2D eigenvalue weighted by atomic mass is 10.1. The first kappa shape index (κ1) is 13.8. The van der Waals surface area contributed by atoms with Crippen LogP contribution in [-0.4, -0.2) is 13.0 Å². The number of benzene rings is 1. The molecule has 0 saturated heterocycles. The van der Waals surface area contributed by atoms with E-state index in [2.05, 4.69) is 5.32 Å². The number of ether oxygens (including phenoxy) is 1. The van der Waals surface area contributed by atoms with Crippen molar-refractivity contribution in [2.45, 2.75) is 20.1 Å². The second-order valence-electron chi connectivity index (χ2n) is 4.29. The van der Waals surface area contributed by atoms with Crippen LogP contribution in [0.4, 0.5) is 0 Å². The van der Waals surface area contributed by atoms with Gasteiger partial charge >= 0.3 is 0 Å². The van der Waals surface area contributed by atoms with Crippen LogP contribution in [0.15, 0.2) is 36.4 Å². The Bertz CT molecular complexity index is 563. The minimum atomic E-state index is -0.0229. The molecule has 19 heavy (non-hydrogen) atoms. The number of nitrogens with one attached hydrogen (secondary N) is 1. The molecule has 4 heteroatoms. The van der Waals surface area contributed by atoms with E-state index in [0.717, 1.165) is 20.9 Å². The average Bonchev–Trinajstić information content (AvgIpc) is 2.84. The molecule has 3 nitrogen and oxygen atoms in total. The van der Waals surface area contributed by atoms with Gasteiger partial charge in [0.25, 0.3) is 5.91 Å². The van der Waals surface area contributed by atoms with Gasteiger partial charge in [-0.25, -0.2) is 0 Å². The molecule has 0 aliphatic heterocycles. The number of carbonyl (C=O) groups excluding carboxylic acids is 1. The SMILES string of the molecule is COCc1ccccc1CNC(=O)c1ccc(C)s1. The maximum Gasteiger partial charge on any atom is 0.261 e. The van der Waals surface area contributed by atoms with Gasteiger partial charge in [0, 0.05) is 18.5 Å². The van der Waals surface area contributed by atoms with Crippen molar-refractivity contribution < 1.29 is 9.53 Å². The van der Waals surface area contributed by atoms with E-state index in [1.54, 1.807) is 7.11 Å². The number of aryl methyl sites for hydroxylation is 1. The molecule has 0 aliphatic rings. The van der Waals surface area contributed by atoms with E-state index in [4.69, 9.17) is 4.74 Å². The highest BCUT2D eigenvalue weighted by molar-refractivity contribution is 7.13. The van der Waals surface area contributed by atoms with E-state index in [0.29, 0.717) is 13.2 Å². The van der Waals surface area contributed by atoms with Gasteiger partial charge in [0.15, 0.2) is 0 Å². The second kappa shape index (κ2) is 6.50. The smallest absolute Gasteiger partial charge is 0.261 e. The number of rotatable bonds is 5. The largest absolute Gasteiger partial charge is 0.380 e. The van der Waals surface area contributed by atoms with Gasteiger partial charge in [-0.3, -0.25) is 4.79 Å². The first-order chi connectivity index (χ1) is 9.20. The summed E-state index contributed by atoms with van der Waals surface area (Å²) >= 11 is 1.51. The van der Waals surface area contributed by atoms with Crippen molar-refractivity contribution in [2.75, 3.05) is 7.11 Å². The van der Waals surface area contributed by atoms with Crippen LogP contribution < -0.4 is 5.32 Å². The van der Waals surface area contributed by atoms with Crippen LogP contribution in [0, 0.1) is 6.92 Å².